The molecule has 0 saturated carbocycles. The largest absolute Gasteiger partial charge is 0.383 e. The molecule has 11 heteroatoms. The lowest BCUT2D eigenvalue weighted by Gasteiger charge is -2.08. The highest BCUT2D eigenvalue weighted by atomic mass is 32.2. The van der Waals surface area contributed by atoms with Gasteiger partial charge in [-0.1, -0.05) is 24.3 Å². The van der Waals surface area contributed by atoms with Crippen molar-refractivity contribution in [1.29, 1.82) is 5.41 Å². The average Bonchev–Trinajstić information content (AvgIpc) is 3.88. The van der Waals surface area contributed by atoms with E-state index in [1.165, 1.54) is 56.4 Å². The molecule has 46 heavy (non-hydrogen) atoms. The highest BCUT2D eigenvalue weighted by Crippen LogP contribution is 2.36. The Morgan fingerprint density at radius 1 is 0.848 bits per heavy atom. The van der Waals surface area contributed by atoms with E-state index in [1.807, 2.05) is 12.3 Å². The number of hydrogen-bond acceptors (Lipinski definition) is 8. The summed E-state index contributed by atoms with van der Waals surface area (Å²) in [5.41, 5.74) is 23.1. The minimum absolute atomic E-state index is 0.0986. The Morgan fingerprint density at radius 3 is 2.37 bits per heavy atom. The maximum absolute atomic E-state index is 7.83. The Balaban J connectivity index is 0.000000167. The van der Waals surface area contributed by atoms with Crippen molar-refractivity contribution >= 4 is 96.7 Å². The fraction of sp³-hybridized carbons (Fsp3) is 0.200. The van der Waals surface area contributed by atoms with Crippen LogP contribution in [-0.4, -0.2) is 28.7 Å². The van der Waals surface area contributed by atoms with E-state index >= 15 is 0 Å². The maximum Gasteiger partial charge on any atom is 0.161 e. The first-order valence-electron chi connectivity index (χ1n) is 15.0. The number of amidine groups is 2. The fourth-order valence-electron chi connectivity index (χ4n) is 5.78. The van der Waals surface area contributed by atoms with Crippen molar-refractivity contribution < 1.29 is 0 Å². The summed E-state index contributed by atoms with van der Waals surface area (Å²) in [7, 11) is 0. The van der Waals surface area contributed by atoms with Crippen LogP contribution >= 0.6 is 46.2 Å². The number of benzene rings is 3. The third kappa shape index (κ3) is 6.78. The number of aromatic nitrogens is 1. The molecule has 3 heterocycles. The third-order valence-electron chi connectivity index (χ3n) is 7.96. The van der Waals surface area contributed by atoms with E-state index in [0.29, 0.717) is 5.84 Å². The van der Waals surface area contributed by atoms with Gasteiger partial charge in [0, 0.05) is 34.0 Å². The van der Waals surface area contributed by atoms with Gasteiger partial charge in [0.25, 0.3) is 0 Å². The van der Waals surface area contributed by atoms with Crippen LogP contribution in [0.15, 0.2) is 92.4 Å². The highest BCUT2D eigenvalue weighted by molar-refractivity contribution is 8.00. The number of thiophene rings is 2. The molecule has 0 radical (unpaired) electrons. The van der Waals surface area contributed by atoms with Crippen LogP contribution in [-0.2, 0) is 19.4 Å². The predicted octanol–water partition coefficient (Wildman–Crippen LogP) is 9.32. The standard InChI is InChI=1S/C20H20N4S2.C15H17N3S2/c1-3-24-16-7-5-4-6-13(16)14-10-12(8-9-17(14)24)23-15-11-18(25-2)26-19(15)20(21)22;1-19-14-8-7-13(20-14)15(16)18-17-12-6-5-10-3-2-4-11(10)9-12/h4-11,23H,3H2,1-2H3,(H3,21,22);5-9,17H,2-4H2,1H3,(H2,16,18). The zero-order valence-corrected chi connectivity index (χ0v) is 29.3. The second-order valence-corrected chi connectivity index (χ2v) is 15.2. The second-order valence-electron chi connectivity index (χ2n) is 10.8. The topological polar surface area (TPSA) is 117 Å². The number of fused-ring (bicyclic) bond motifs is 4. The molecule has 7 rings (SSSR count). The maximum atomic E-state index is 7.83. The minimum atomic E-state index is 0.0986. The smallest absolute Gasteiger partial charge is 0.161 e. The molecule has 0 unspecified atom stereocenters. The van der Waals surface area contributed by atoms with E-state index < -0.39 is 0 Å². The first-order chi connectivity index (χ1) is 22.4. The predicted molar refractivity (Wildman–Crippen MR) is 204 cm³/mol. The molecule has 0 atom stereocenters. The molecule has 0 bridgehead atoms. The van der Waals surface area contributed by atoms with E-state index in [1.54, 1.807) is 46.2 Å². The lowest BCUT2D eigenvalue weighted by Crippen LogP contribution is -2.13. The normalized spacial score (nSPS) is 12.6. The monoisotopic (exact) mass is 683 g/mol. The summed E-state index contributed by atoms with van der Waals surface area (Å²) >= 11 is 6.60. The molecular formula is C35H37N7S4. The minimum Gasteiger partial charge on any atom is -0.383 e. The van der Waals surface area contributed by atoms with Crippen molar-refractivity contribution in [2.75, 3.05) is 23.3 Å². The number of thioether (sulfide) groups is 2. The average molecular weight is 684 g/mol. The highest BCUT2D eigenvalue weighted by Gasteiger charge is 2.14. The van der Waals surface area contributed by atoms with Crippen molar-refractivity contribution in [3.63, 3.8) is 0 Å². The number of hydrogen-bond donors (Lipinski definition) is 5. The number of para-hydroxylation sites is 1. The lowest BCUT2D eigenvalue weighted by atomic mass is 10.1. The van der Waals surface area contributed by atoms with Gasteiger partial charge in [0.05, 0.1) is 29.5 Å². The molecule has 0 fully saturated rings. The molecule has 7 nitrogen and oxygen atoms in total. The van der Waals surface area contributed by atoms with Crippen LogP contribution in [0.3, 0.4) is 0 Å². The fourth-order valence-corrected chi connectivity index (χ4v) is 8.75. The van der Waals surface area contributed by atoms with Crippen LogP contribution < -0.4 is 22.2 Å². The number of nitrogens with one attached hydrogen (secondary N) is 3. The van der Waals surface area contributed by atoms with Crippen molar-refractivity contribution in [1.82, 2.24) is 4.57 Å². The zero-order valence-electron chi connectivity index (χ0n) is 26.0. The lowest BCUT2D eigenvalue weighted by molar-refractivity contribution is 0.827. The van der Waals surface area contributed by atoms with Gasteiger partial charge in [-0.15, -0.1) is 46.2 Å². The summed E-state index contributed by atoms with van der Waals surface area (Å²) in [6.07, 6.45) is 7.73. The SMILES string of the molecule is CCn1c2ccccc2c2cc(Nc3cc(SC)sc3C(=N)N)ccc21.CSc1ccc(C(N)=NNc2ccc3c(c2)CCC3)s1. The van der Waals surface area contributed by atoms with Crippen molar-refractivity contribution in [2.45, 2.75) is 41.1 Å². The number of rotatable bonds is 9. The number of nitrogen functional groups attached to an aromatic ring is 1. The molecule has 7 N–H and O–H groups in total. The number of aryl methyl sites for hydroxylation is 3. The molecule has 0 saturated heterocycles. The van der Waals surface area contributed by atoms with Crippen molar-refractivity contribution in [2.24, 2.45) is 16.6 Å². The van der Waals surface area contributed by atoms with Gasteiger partial charge in [0.1, 0.15) is 5.84 Å². The van der Waals surface area contributed by atoms with Gasteiger partial charge in [-0.25, -0.2) is 0 Å². The van der Waals surface area contributed by atoms with E-state index in [9.17, 15) is 0 Å². The molecule has 0 spiro atoms. The number of nitrogens with two attached hydrogens (primary N) is 2. The summed E-state index contributed by atoms with van der Waals surface area (Å²) in [4.78, 5) is 1.79. The number of nitrogens with zero attached hydrogens (tertiary/aromatic N) is 2. The van der Waals surface area contributed by atoms with Gasteiger partial charge in [0.15, 0.2) is 5.84 Å². The van der Waals surface area contributed by atoms with E-state index in [-0.39, 0.29) is 5.84 Å². The van der Waals surface area contributed by atoms with Crippen LogP contribution in [0.2, 0.25) is 0 Å². The van der Waals surface area contributed by atoms with E-state index in [2.05, 4.69) is 106 Å². The Bertz CT molecular complexity index is 2050. The van der Waals surface area contributed by atoms with Crippen molar-refractivity contribution in [3.05, 3.63) is 99.7 Å². The summed E-state index contributed by atoms with van der Waals surface area (Å²) in [5, 5.41) is 18.1. The molecule has 6 aromatic rings. The zero-order chi connectivity index (χ0) is 32.2. The van der Waals surface area contributed by atoms with Crippen molar-refractivity contribution in [3.8, 4) is 0 Å². The van der Waals surface area contributed by atoms with Gasteiger partial charge in [-0.3, -0.25) is 10.8 Å². The molecule has 0 amide bonds. The summed E-state index contributed by atoms with van der Waals surface area (Å²) in [6.45, 7) is 3.11. The third-order valence-corrected chi connectivity index (χ3v) is 12.4. The Morgan fingerprint density at radius 2 is 1.61 bits per heavy atom. The van der Waals surface area contributed by atoms with Crippen LogP contribution in [0.5, 0.6) is 0 Å². The summed E-state index contributed by atoms with van der Waals surface area (Å²) in [5.74, 6) is 0.636. The molecule has 1 aliphatic carbocycles. The van der Waals surface area contributed by atoms with Crippen LogP contribution in [0.25, 0.3) is 21.8 Å². The molecule has 1 aliphatic rings. The molecular weight excluding hydrogens is 647 g/mol. The van der Waals surface area contributed by atoms with Gasteiger partial charge in [0.2, 0.25) is 0 Å². The van der Waals surface area contributed by atoms with Gasteiger partial charge in [-0.2, -0.15) is 5.10 Å². The first-order valence-corrected chi connectivity index (χ1v) is 19.1. The second kappa shape index (κ2) is 14.3. The molecule has 236 valence electrons. The van der Waals surface area contributed by atoms with E-state index in [4.69, 9.17) is 16.9 Å². The molecule has 0 aliphatic heterocycles. The van der Waals surface area contributed by atoms with Gasteiger partial charge in [-0.05, 0) is 104 Å². The quantitative estimate of drug-likeness (QED) is 0.0449. The Labute approximate surface area is 286 Å². The Hall–Kier alpha value is -3.90. The molecule has 3 aromatic heterocycles. The summed E-state index contributed by atoms with van der Waals surface area (Å²) < 4.78 is 4.73. The van der Waals surface area contributed by atoms with E-state index in [0.717, 1.165) is 37.6 Å². The van der Waals surface area contributed by atoms with Crippen LogP contribution in [0.4, 0.5) is 17.1 Å². The van der Waals surface area contributed by atoms with Crippen LogP contribution in [0.1, 0.15) is 34.2 Å². The number of hydrazone groups is 1. The first kappa shape index (κ1) is 32.1. The van der Waals surface area contributed by atoms with Crippen LogP contribution in [0, 0.1) is 5.41 Å². The Kier molecular flexibility index (Phi) is 9.93. The summed E-state index contributed by atoms with van der Waals surface area (Å²) in [6, 6.07) is 27.5. The molecule has 3 aromatic carbocycles. The van der Waals surface area contributed by atoms with Gasteiger partial charge >= 0.3 is 0 Å². The van der Waals surface area contributed by atoms with Gasteiger partial charge < -0.3 is 21.4 Å². The number of anilines is 3.